The lowest BCUT2D eigenvalue weighted by molar-refractivity contribution is 1.12. The van der Waals surface area contributed by atoms with E-state index in [4.69, 9.17) is 0 Å². The highest BCUT2D eigenvalue weighted by molar-refractivity contribution is 5.96. The summed E-state index contributed by atoms with van der Waals surface area (Å²) in [5.74, 6) is 0. The van der Waals surface area contributed by atoms with E-state index >= 15 is 0 Å². The first-order valence-corrected chi connectivity index (χ1v) is 6.61. The molecule has 4 aromatic rings. The molecule has 0 atom stereocenters. The van der Waals surface area contributed by atoms with Crippen molar-refractivity contribution in [2.24, 2.45) is 0 Å². The maximum absolute atomic E-state index is 4.47. The normalized spacial score (nSPS) is 11.5. The predicted molar refractivity (Wildman–Crippen MR) is 79.8 cm³/mol. The highest BCUT2D eigenvalue weighted by atomic mass is 15.1. The van der Waals surface area contributed by atoms with E-state index in [-0.39, 0.29) is 0 Å². The maximum atomic E-state index is 4.47. The fraction of sp³-hybridized carbons (Fsp3) is 0.125. The molecule has 0 unspecified atom stereocenters. The Bertz CT molecular complexity index is 930. The zero-order chi connectivity index (χ0) is 13.7. The number of fused-ring (bicyclic) bond motifs is 2. The van der Waals surface area contributed by atoms with E-state index < -0.39 is 0 Å². The second-order valence-electron chi connectivity index (χ2n) is 5.15. The van der Waals surface area contributed by atoms with Gasteiger partial charge in [0.2, 0.25) is 0 Å². The molecule has 0 saturated heterocycles. The van der Waals surface area contributed by atoms with Crippen LogP contribution in [0.15, 0.2) is 42.9 Å². The third-order valence-electron chi connectivity index (χ3n) is 3.69. The highest BCUT2D eigenvalue weighted by Gasteiger charge is 2.10. The second-order valence-corrected chi connectivity index (χ2v) is 5.15. The maximum Gasteiger partial charge on any atom is 0.136 e. The summed E-state index contributed by atoms with van der Waals surface area (Å²) in [5, 5.41) is 8.33. The third-order valence-corrected chi connectivity index (χ3v) is 3.69. The Kier molecular flexibility index (Phi) is 2.21. The third kappa shape index (κ3) is 1.54. The molecule has 3 aromatic heterocycles. The summed E-state index contributed by atoms with van der Waals surface area (Å²) in [6.45, 7) is 4.14. The largest absolute Gasteiger partial charge is 0.306 e. The molecule has 0 amide bonds. The minimum atomic E-state index is 0.975. The van der Waals surface area contributed by atoms with E-state index in [0.29, 0.717) is 0 Å². The number of imidazole rings is 1. The van der Waals surface area contributed by atoms with Crippen LogP contribution in [0.5, 0.6) is 0 Å². The number of hydrogen-bond donors (Lipinski definition) is 1. The monoisotopic (exact) mass is 262 g/mol. The number of aromatic amines is 1. The van der Waals surface area contributed by atoms with Gasteiger partial charge < -0.3 is 4.40 Å². The first-order chi connectivity index (χ1) is 9.72. The summed E-state index contributed by atoms with van der Waals surface area (Å²) in [6, 6.07) is 8.37. The van der Waals surface area contributed by atoms with Gasteiger partial charge in [0.1, 0.15) is 5.65 Å². The fourth-order valence-electron chi connectivity index (χ4n) is 2.78. The molecule has 0 spiro atoms. The van der Waals surface area contributed by atoms with Crippen LogP contribution in [0.2, 0.25) is 0 Å². The zero-order valence-corrected chi connectivity index (χ0v) is 11.4. The molecular weight excluding hydrogens is 248 g/mol. The molecule has 4 heteroatoms. The molecule has 4 nitrogen and oxygen atoms in total. The van der Waals surface area contributed by atoms with Crippen molar-refractivity contribution >= 4 is 16.6 Å². The Labute approximate surface area is 116 Å². The average Bonchev–Trinajstić information content (AvgIpc) is 3.02. The number of aryl methyl sites for hydroxylation is 2. The van der Waals surface area contributed by atoms with Crippen LogP contribution >= 0.6 is 0 Å². The van der Waals surface area contributed by atoms with Gasteiger partial charge in [0, 0.05) is 17.8 Å². The van der Waals surface area contributed by atoms with E-state index in [1.807, 2.05) is 19.3 Å². The fourth-order valence-corrected chi connectivity index (χ4v) is 2.78. The van der Waals surface area contributed by atoms with Crippen molar-refractivity contribution in [2.45, 2.75) is 13.8 Å². The summed E-state index contributed by atoms with van der Waals surface area (Å²) < 4.78 is 2.07. The zero-order valence-electron chi connectivity index (χ0n) is 11.4. The van der Waals surface area contributed by atoms with Gasteiger partial charge in [0.05, 0.1) is 17.4 Å². The van der Waals surface area contributed by atoms with Crippen LogP contribution in [0.1, 0.15) is 11.3 Å². The lowest BCUT2D eigenvalue weighted by Gasteiger charge is -2.08. The van der Waals surface area contributed by atoms with Crippen molar-refractivity contribution in [1.82, 2.24) is 19.6 Å². The molecule has 0 aliphatic rings. The SMILES string of the molecule is Cc1cn2cc(-c3c(C)ccc4[nH]ncc34)ccc2n1. The van der Waals surface area contributed by atoms with Gasteiger partial charge in [0.25, 0.3) is 0 Å². The van der Waals surface area contributed by atoms with Crippen LogP contribution in [0, 0.1) is 13.8 Å². The molecule has 1 aromatic carbocycles. The summed E-state index contributed by atoms with van der Waals surface area (Å²) >= 11 is 0. The van der Waals surface area contributed by atoms with E-state index in [2.05, 4.69) is 57.0 Å². The van der Waals surface area contributed by atoms with Gasteiger partial charge in [-0.25, -0.2) is 4.98 Å². The van der Waals surface area contributed by atoms with Gasteiger partial charge in [0.15, 0.2) is 0 Å². The Morgan fingerprint density at radius 2 is 1.95 bits per heavy atom. The van der Waals surface area contributed by atoms with Gasteiger partial charge in [-0.1, -0.05) is 6.07 Å². The molecule has 3 heterocycles. The summed E-state index contributed by atoms with van der Waals surface area (Å²) in [7, 11) is 0. The number of pyridine rings is 1. The Morgan fingerprint density at radius 3 is 2.85 bits per heavy atom. The Hall–Kier alpha value is -2.62. The lowest BCUT2D eigenvalue weighted by Crippen LogP contribution is -1.89. The van der Waals surface area contributed by atoms with Gasteiger partial charge >= 0.3 is 0 Å². The standard InChI is InChI=1S/C16H14N4/c1-10-3-5-14-13(7-17-19-14)16(10)12-4-6-15-18-11(2)8-20(15)9-12/h3-9H,1-2H3,(H,17,19). The van der Waals surface area contributed by atoms with Crippen LogP contribution in [-0.4, -0.2) is 19.6 Å². The number of hydrogen-bond acceptors (Lipinski definition) is 2. The van der Waals surface area contributed by atoms with Gasteiger partial charge in [-0.15, -0.1) is 0 Å². The van der Waals surface area contributed by atoms with Crippen LogP contribution in [0.25, 0.3) is 27.7 Å². The number of benzene rings is 1. The van der Waals surface area contributed by atoms with E-state index in [1.165, 1.54) is 16.7 Å². The minimum Gasteiger partial charge on any atom is -0.306 e. The number of nitrogens with one attached hydrogen (secondary N) is 1. The Morgan fingerprint density at radius 1 is 1.05 bits per heavy atom. The van der Waals surface area contributed by atoms with E-state index in [9.17, 15) is 0 Å². The molecular formula is C16H14N4. The quantitative estimate of drug-likeness (QED) is 0.570. The van der Waals surface area contributed by atoms with Gasteiger partial charge in [-0.2, -0.15) is 5.10 Å². The van der Waals surface area contributed by atoms with E-state index in [0.717, 1.165) is 22.2 Å². The van der Waals surface area contributed by atoms with Crippen molar-refractivity contribution in [3.05, 3.63) is 54.1 Å². The molecule has 0 saturated carbocycles. The smallest absolute Gasteiger partial charge is 0.136 e. The van der Waals surface area contributed by atoms with Crippen molar-refractivity contribution in [3.8, 4) is 11.1 Å². The highest BCUT2D eigenvalue weighted by Crippen LogP contribution is 2.31. The molecule has 0 aliphatic heterocycles. The van der Waals surface area contributed by atoms with Gasteiger partial charge in [-0.3, -0.25) is 5.10 Å². The molecule has 1 N–H and O–H groups in total. The first kappa shape index (κ1) is 11.2. The van der Waals surface area contributed by atoms with Crippen LogP contribution in [0.3, 0.4) is 0 Å². The average molecular weight is 262 g/mol. The lowest BCUT2D eigenvalue weighted by atomic mass is 9.98. The summed E-state index contributed by atoms with van der Waals surface area (Å²) in [6.07, 6.45) is 6.06. The van der Waals surface area contributed by atoms with Crippen molar-refractivity contribution in [1.29, 1.82) is 0 Å². The topological polar surface area (TPSA) is 46.0 Å². The minimum absolute atomic E-state index is 0.975. The summed E-state index contributed by atoms with van der Waals surface area (Å²) in [4.78, 5) is 4.47. The second kappa shape index (κ2) is 3.93. The van der Waals surface area contributed by atoms with Crippen molar-refractivity contribution < 1.29 is 0 Å². The molecule has 0 bridgehead atoms. The Balaban J connectivity index is 2.04. The summed E-state index contributed by atoms with van der Waals surface area (Å²) in [5.41, 5.74) is 6.72. The number of rotatable bonds is 1. The molecule has 0 fully saturated rings. The molecule has 0 radical (unpaired) electrons. The number of nitrogens with zero attached hydrogens (tertiary/aromatic N) is 3. The van der Waals surface area contributed by atoms with Crippen LogP contribution in [0.4, 0.5) is 0 Å². The van der Waals surface area contributed by atoms with E-state index in [1.54, 1.807) is 0 Å². The number of H-pyrrole nitrogens is 1. The molecule has 98 valence electrons. The van der Waals surface area contributed by atoms with Crippen LogP contribution in [-0.2, 0) is 0 Å². The number of aromatic nitrogens is 4. The molecule has 4 rings (SSSR count). The van der Waals surface area contributed by atoms with Gasteiger partial charge in [-0.05, 0) is 48.7 Å². The van der Waals surface area contributed by atoms with Crippen molar-refractivity contribution in [3.63, 3.8) is 0 Å². The van der Waals surface area contributed by atoms with Crippen LogP contribution < -0.4 is 0 Å². The molecule has 0 aliphatic carbocycles. The predicted octanol–water partition coefficient (Wildman–Crippen LogP) is 3.49. The van der Waals surface area contributed by atoms with Crippen molar-refractivity contribution in [2.75, 3.05) is 0 Å². The first-order valence-electron chi connectivity index (χ1n) is 6.61. The molecule has 20 heavy (non-hydrogen) atoms.